The highest BCUT2D eigenvalue weighted by atomic mass is 32.2. The van der Waals surface area contributed by atoms with Gasteiger partial charge >= 0.3 is 5.97 Å². The van der Waals surface area contributed by atoms with Crippen LogP contribution in [0.3, 0.4) is 0 Å². The quantitative estimate of drug-likeness (QED) is 0.642. The van der Waals surface area contributed by atoms with Crippen LogP contribution in [-0.4, -0.2) is 53.6 Å². The summed E-state index contributed by atoms with van der Waals surface area (Å²) in [6.07, 6.45) is 0.778. The van der Waals surface area contributed by atoms with E-state index in [4.69, 9.17) is 9.47 Å². The van der Waals surface area contributed by atoms with Crippen molar-refractivity contribution in [3.8, 4) is 5.75 Å². The van der Waals surface area contributed by atoms with Crippen molar-refractivity contribution < 1.29 is 31.1 Å². The maximum absolute atomic E-state index is 12.5. The van der Waals surface area contributed by atoms with E-state index in [9.17, 15) is 21.6 Å². The number of hydrogen-bond donors (Lipinski definition) is 1. The molecular formula is C16H25NO7S2. The van der Waals surface area contributed by atoms with Gasteiger partial charge in [0, 0.05) is 6.26 Å². The molecule has 0 spiro atoms. The van der Waals surface area contributed by atoms with Crippen molar-refractivity contribution in [2.24, 2.45) is 0 Å². The summed E-state index contributed by atoms with van der Waals surface area (Å²) in [6, 6.07) is 4.26. The topological polar surface area (TPSA) is 116 Å². The van der Waals surface area contributed by atoms with Gasteiger partial charge in [0.15, 0.2) is 0 Å². The number of methoxy groups -OCH3 is 1. The zero-order chi connectivity index (χ0) is 20.2. The number of rotatable bonds is 8. The number of carbonyl (C=O) groups excluding carboxylic acids is 1. The highest BCUT2D eigenvalue weighted by molar-refractivity contribution is 7.90. The molecule has 0 saturated heterocycles. The van der Waals surface area contributed by atoms with Gasteiger partial charge in [-0.3, -0.25) is 4.79 Å². The van der Waals surface area contributed by atoms with Crippen LogP contribution in [0.15, 0.2) is 29.2 Å². The predicted molar refractivity (Wildman–Crippen MR) is 97.3 cm³/mol. The normalized spacial score (nSPS) is 13.9. The molecule has 26 heavy (non-hydrogen) atoms. The summed E-state index contributed by atoms with van der Waals surface area (Å²) >= 11 is 0. The first-order valence-corrected chi connectivity index (χ1v) is 11.3. The molecule has 0 aliphatic rings. The molecule has 0 aliphatic heterocycles. The van der Waals surface area contributed by atoms with Crippen molar-refractivity contribution in [3.05, 3.63) is 24.3 Å². The van der Waals surface area contributed by atoms with Gasteiger partial charge < -0.3 is 9.47 Å². The molecule has 0 heterocycles. The second-order valence-electron chi connectivity index (χ2n) is 6.80. The third-order valence-corrected chi connectivity index (χ3v) is 5.60. The molecule has 1 atom stereocenters. The summed E-state index contributed by atoms with van der Waals surface area (Å²) in [7, 11) is -5.99. The average molecular weight is 408 g/mol. The number of hydrogen-bond acceptors (Lipinski definition) is 7. The van der Waals surface area contributed by atoms with Crippen LogP contribution in [0.1, 0.15) is 27.2 Å². The van der Waals surface area contributed by atoms with Gasteiger partial charge in [-0.2, -0.15) is 4.72 Å². The number of sulfone groups is 1. The van der Waals surface area contributed by atoms with E-state index in [-0.39, 0.29) is 17.1 Å². The first-order valence-electron chi connectivity index (χ1n) is 7.80. The highest BCUT2D eigenvalue weighted by Crippen LogP contribution is 2.17. The Balaban J connectivity index is 3.06. The average Bonchev–Trinajstić information content (AvgIpc) is 2.48. The van der Waals surface area contributed by atoms with Crippen LogP contribution >= 0.6 is 0 Å². The van der Waals surface area contributed by atoms with Crippen molar-refractivity contribution in [2.75, 3.05) is 19.1 Å². The maximum Gasteiger partial charge on any atom is 0.324 e. The Kier molecular flexibility index (Phi) is 7.20. The molecule has 0 amide bonds. The Labute approximate surface area is 154 Å². The van der Waals surface area contributed by atoms with E-state index in [0.717, 1.165) is 6.26 Å². The van der Waals surface area contributed by atoms with Gasteiger partial charge in [-0.15, -0.1) is 0 Å². The first-order chi connectivity index (χ1) is 11.7. The molecule has 0 aliphatic carbocycles. The standard InChI is InChI=1S/C16H25NO7S2/c1-16(2,3)24-15(18)14(10-11-25(5,19)20)17-26(21,22)13-8-6-12(23-4)7-9-13/h6-9,14,17H,10-11H2,1-5H3/t14-/m1/s1. The number of benzene rings is 1. The van der Waals surface area contributed by atoms with E-state index in [0.29, 0.717) is 5.75 Å². The molecule has 148 valence electrons. The van der Waals surface area contributed by atoms with Crippen LogP contribution in [0.2, 0.25) is 0 Å². The van der Waals surface area contributed by atoms with Gasteiger partial charge in [-0.05, 0) is 51.5 Å². The summed E-state index contributed by atoms with van der Waals surface area (Å²) in [5.74, 6) is -0.717. The van der Waals surface area contributed by atoms with E-state index < -0.39 is 37.5 Å². The molecule has 8 nitrogen and oxygen atoms in total. The van der Waals surface area contributed by atoms with Crippen LogP contribution in [0.25, 0.3) is 0 Å². The number of esters is 1. The minimum atomic E-state index is -4.05. The van der Waals surface area contributed by atoms with E-state index in [1.165, 1.54) is 31.4 Å². The van der Waals surface area contributed by atoms with Crippen molar-refractivity contribution in [2.45, 2.75) is 43.7 Å². The Bertz CT molecular complexity index is 822. The molecule has 10 heteroatoms. The number of ether oxygens (including phenoxy) is 2. The number of nitrogens with one attached hydrogen (secondary N) is 1. The third-order valence-electron chi connectivity index (χ3n) is 3.14. The second kappa shape index (κ2) is 8.36. The van der Waals surface area contributed by atoms with Crippen LogP contribution in [0.4, 0.5) is 0 Å². The summed E-state index contributed by atoms with van der Waals surface area (Å²) in [5, 5.41) is 0. The van der Waals surface area contributed by atoms with Crippen molar-refractivity contribution >= 4 is 25.8 Å². The fourth-order valence-electron chi connectivity index (χ4n) is 1.94. The Morgan fingerprint density at radius 1 is 1.12 bits per heavy atom. The molecule has 0 saturated carbocycles. The Morgan fingerprint density at radius 3 is 2.08 bits per heavy atom. The first kappa shape index (κ1) is 22.4. The van der Waals surface area contributed by atoms with E-state index in [1.54, 1.807) is 20.8 Å². The second-order valence-corrected chi connectivity index (χ2v) is 10.8. The minimum absolute atomic E-state index is 0.0776. The van der Waals surface area contributed by atoms with Gasteiger partial charge in [0.05, 0.1) is 17.8 Å². The summed E-state index contributed by atoms with van der Waals surface area (Å²) in [5.41, 5.74) is -0.841. The molecule has 1 rings (SSSR count). The fourth-order valence-corrected chi connectivity index (χ4v) is 3.82. The number of sulfonamides is 1. The zero-order valence-electron chi connectivity index (χ0n) is 15.5. The van der Waals surface area contributed by atoms with Gasteiger partial charge in [-0.25, -0.2) is 16.8 Å². The molecule has 0 aromatic heterocycles. The van der Waals surface area contributed by atoms with E-state index in [1.807, 2.05) is 0 Å². The van der Waals surface area contributed by atoms with Crippen LogP contribution in [0.5, 0.6) is 5.75 Å². The Morgan fingerprint density at radius 2 is 1.65 bits per heavy atom. The zero-order valence-corrected chi connectivity index (χ0v) is 17.1. The molecular weight excluding hydrogens is 382 g/mol. The lowest BCUT2D eigenvalue weighted by atomic mass is 10.2. The van der Waals surface area contributed by atoms with Crippen LogP contribution in [0, 0.1) is 0 Å². The number of carbonyl (C=O) groups is 1. The van der Waals surface area contributed by atoms with Gasteiger partial charge in [0.2, 0.25) is 10.0 Å². The van der Waals surface area contributed by atoms with E-state index >= 15 is 0 Å². The molecule has 1 aromatic carbocycles. The minimum Gasteiger partial charge on any atom is -0.497 e. The lowest BCUT2D eigenvalue weighted by Crippen LogP contribution is -2.45. The monoisotopic (exact) mass is 407 g/mol. The summed E-state index contributed by atoms with van der Waals surface area (Å²) in [6.45, 7) is 4.91. The van der Waals surface area contributed by atoms with E-state index in [2.05, 4.69) is 4.72 Å². The molecule has 1 N–H and O–H groups in total. The lowest BCUT2D eigenvalue weighted by molar-refractivity contribution is -0.156. The fraction of sp³-hybridized carbons (Fsp3) is 0.562. The molecule has 1 aromatic rings. The molecule has 0 fully saturated rings. The van der Waals surface area contributed by atoms with Gasteiger partial charge in [-0.1, -0.05) is 0 Å². The SMILES string of the molecule is COc1ccc(S(=O)(=O)N[C@H](CCS(C)(=O)=O)C(=O)OC(C)(C)C)cc1. The van der Waals surface area contributed by atoms with Crippen molar-refractivity contribution in [3.63, 3.8) is 0 Å². The van der Waals surface area contributed by atoms with Gasteiger partial charge in [0.25, 0.3) is 0 Å². The lowest BCUT2D eigenvalue weighted by Gasteiger charge is -2.24. The van der Waals surface area contributed by atoms with Crippen LogP contribution < -0.4 is 9.46 Å². The largest absolute Gasteiger partial charge is 0.497 e. The highest BCUT2D eigenvalue weighted by Gasteiger charge is 2.30. The third kappa shape index (κ3) is 7.71. The Hall–Kier alpha value is -1.65. The van der Waals surface area contributed by atoms with Crippen molar-refractivity contribution in [1.29, 1.82) is 0 Å². The molecule has 0 unspecified atom stereocenters. The van der Waals surface area contributed by atoms with Crippen LogP contribution in [-0.2, 0) is 29.4 Å². The molecule has 0 bridgehead atoms. The predicted octanol–water partition coefficient (Wildman–Crippen LogP) is 1.12. The maximum atomic E-state index is 12.5. The van der Waals surface area contributed by atoms with Gasteiger partial charge in [0.1, 0.15) is 27.2 Å². The summed E-state index contributed by atoms with van der Waals surface area (Å²) in [4.78, 5) is 12.2. The molecule has 0 radical (unpaired) electrons. The van der Waals surface area contributed by atoms with Crippen molar-refractivity contribution in [1.82, 2.24) is 4.72 Å². The summed E-state index contributed by atoms with van der Waals surface area (Å²) < 4.78 is 60.3. The smallest absolute Gasteiger partial charge is 0.324 e.